The van der Waals surface area contributed by atoms with E-state index in [0.717, 1.165) is 31.1 Å². The maximum atomic E-state index is 5.92. The van der Waals surface area contributed by atoms with Gasteiger partial charge >= 0.3 is 0 Å². The lowest BCUT2D eigenvalue weighted by Gasteiger charge is -2.11. The van der Waals surface area contributed by atoms with E-state index in [-0.39, 0.29) is 12.1 Å². The molecule has 0 aliphatic heterocycles. The first-order chi connectivity index (χ1) is 11.6. The highest BCUT2D eigenvalue weighted by Crippen LogP contribution is 2.25. The first kappa shape index (κ1) is 17.0. The Morgan fingerprint density at radius 2 is 1.96 bits per heavy atom. The molecule has 1 atom stereocenters. The molecule has 4 nitrogen and oxygen atoms in total. The van der Waals surface area contributed by atoms with E-state index in [2.05, 4.69) is 67.2 Å². The predicted octanol–water partition coefficient (Wildman–Crippen LogP) is 4.12. The number of hydrogen-bond acceptors (Lipinski definition) is 3. The van der Waals surface area contributed by atoms with Gasteiger partial charge in [-0.2, -0.15) is 4.98 Å². The van der Waals surface area contributed by atoms with Gasteiger partial charge in [0.25, 0.3) is 6.01 Å². The Kier molecular flexibility index (Phi) is 5.56. The summed E-state index contributed by atoms with van der Waals surface area (Å²) >= 11 is 0. The van der Waals surface area contributed by atoms with E-state index in [0.29, 0.717) is 6.04 Å². The fourth-order valence-corrected chi connectivity index (χ4v) is 2.88. The molecule has 0 amide bonds. The maximum absolute atomic E-state index is 5.92. The van der Waals surface area contributed by atoms with Crippen molar-refractivity contribution in [2.75, 3.05) is 0 Å². The second kappa shape index (κ2) is 7.84. The van der Waals surface area contributed by atoms with E-state index < -0.39 is 0 Å². The largest absolute Gasteiger partial charge is 0.462 e. The molecule has 1 fully saturated rings. The number of aromatic nitrogens is 2. The van der Waals surface area contributed by atoms with Crippen molar-refractivity contribution in [2.45, 2.75) is 71.2 Å². The Morgan fingerprint density at radius 1 is 1.21 bits per heavy atom. The van der Waals surface area contributed by atoms with Crippen LogP contribution in [0.2, 0.25) is 0 Å². The van der Waals surface area contributed by atoms with Crippen molar-refractivity contribution in [1.82, 2.24) is 14.9 Å². The zero-order valence-corrected chi connectivity index (χ0v) is 15.0. The highest BCUT2D eigenvalue weighted by Gasteiger charge is 2.25. The molecule has 1 aliphatic rings. The van der Waals surface area contributed by atoms with Crippen LogP contribution in [0, 0.1) is 0 Å². The van der Waals surface area contributed by atoms with Gasteiger partial charge < -0.3 is 14.6 Å². The molecule has 130 valence electrons. The number of benzene rings is 1. The standard InChI is InChI=1S/C20H29N3O/c1-15(2)24-20-22-19(16(3)21-18-11-12-18)14-23(20)13-7-10-17-8-5-4-6-9-17/h4-6,8-9,14-16,18,21H,7,10-13H2,1-3H3/t16-/m1/s1. The molecule has 1 heterocycles. The Morgan fingerprint density at radius 3 is 2.62 bits per heavy atom. The summed E-state index contributed by atoms with van der Waals surface area (Å²) in [4.78, 5) is 4.74. The Balaban J connectivity index is 1.63. The van der Waals surface area contributed by atoms with E-state index >= 15 is 0 Å². The maximum Gasteiger partial charge on any atom is 0.296 e. The summed E-state index contributed by atoms with van der Waals surface area (Å²) in [7, 11) is 0. The third-order valence-corrected chi connectivity index (χ3v) is 4.31. The Labute approximate surface area is 145 Å². The van der Waals surface area contributed by atoms with Gasteiger partial charge in [0.15, 0.2) is 0 Å². The summed E-state index contributed by atoms with van der Waals surface area (Å²) in [5.74, 6) is 0. The van der Waals surface area contributed by atoms with E-state index in [1.807, 2.05) is 0 Å². The van der Waals surface area contributed by atoms with Crippen LogP contribution < -0.4 is 10.1 Å². The smallest absolute Gasteiger partial charge is 0.296 e. The minimum absolute atomic E-state index is 0.139. The summed E-state index contributed by atoms with van der Waals surface area (Å²) in [6.07, 6.45) is 7.03. The van der Waals surface area contributed by atoms with Crippen LogP contribution in [0.15, 0.2) is 36.5 Å². The van der Waals surface area contributed by atoms with Crippen LogP contribution in [-0.4, -0.2) is 21.7 Å². The molecule has 4 heteroatoms. The van der Waals surface area contributed by atoms with Gasteiger partial charge in [0.1, 0.15) is 0 Å². The van der Waals surface area contributed by atoms with Crippen molar-refractivity contribution in [3.05, 3.63) is 47.8 Å². The molecule has 1 aromatic heterocycles. The van der Waals surface area contributed by atoms with Gasteiger partial charge in [-0.1, -0.05) is 30.3 Å². The number of imidazole rings is 1. The quantitative estimate of drug-likeness (QED) is 0.753. The Bertz CT molecular complexity index is 632. The van der Waals surface area contributed by atoms with E-state index in [1.54, 1.807) is 0 Å². The second-order valence-electron chi connectivity index (χ2n) is 7.06. The van der Waals surface area contributed by atoms with Gasteiger partial charge in [-0.25, -0.2) is 0 Å². The van der Waals surface area contributed by atoms with Crippen LogP contribution in [0.25, 0.3) is 0 Å². The monoisotopic (exact) mass is 327 g/mol. The van der Waals surface area contributed by atoms with Crippen LogP contribution in [0.3, 0.4) is 0 Å². The average Bonchev–Trinajstić information content (AvgIpc) is 3.28. The lowest BCUT2D eigenvalue weighted by atomic mass is 10.1. The molecule has 2 aromatic rings. The Hall–Kier alpha value is -1.81. The van der Waals surface area contributed by atoms with Gasteiger partial charge in [0, 0.05) is 24.8 Å². The number of nitrogens with one attached hydrogen (secondary N) is 1. The molecule has 3 rings (SSSR count). The molecular formula is C20H29N3O. The van der Waals surface area contributed by atoms with Crippen molar-refractivity contribution >= 4 is 0 Å². The van der Waals surface area contributed by atoms with Crippen LogP contribution >= 0.6 is 0 Å². The lowest BCUT2D eigenvalue weighted by molar-refractivity contribution is 0.211. The van der Waals surface area contributed by atoms with Crippen molar-refractivity contribution in [3.63, 3.8) is 0 Å². The fourth-order valence-electron chi connectivity index (χ4n) is 2.88. The number of rotatable bonds is 9. The zero-order valence-electron chi connectivity index (χ0n) is 15.0. The zero-order chi connectivity index (χ0) is 16.9. The minimum Gasteiger partial charge on any atom is -0.462 e. The molecule has 0 radical (unpaired) electrons. The first-order valence-corrected chi connectivity index (χ1v) is 9.15. The summed E-state index contributed by atoms with van der Waals surface area (Å²) in [5, 5.41) is 3.61. The fraction of sp³-hybridized carbons (Fsp3) is 0.550. The summed E-state index contributed by atoms with van der Waals surface area (Å²) in [6.45, 7) is 7.22. The molecule has 24 heavy (non-hydrogen) atoms. The first-order valence-electron chi connectivity index (χ1n) is 9.15. The van der Waals surface area contributed by atoms with Gasteiger partial charge in [-0.05, 0) is 52.0 Å². The summed E-state index contributed by atoms with van der Waals surface area (Å²) in [6, 6.07) is 12.3. The number of ether oxygens (including phenoxy) is 1. The molecule has 0 saturated heterocycles. The SMILES string of the molecule is CC(C)Oc1nc([C@@H](C)NC2CC2)cn1CCCc1ccccc1. The topological polar surface area (TPSA) is 39.1 Å². The molecule has 0 spiro atoms. The van der Waals surface area contributed by atoms with E-state index in [9.17, 15) is 0 Å². The molecular weight excluding hydrogens is 298 g/mol. The summed E-state index contributed by atoms with van der Waals surface area (Å²) in [5.41, 5.74) is 2.46. The van der Waals surface area contributed by atoms with Crippen molar-refractivity contribution in [3.8, 4) is 6.01 Å². The van der Waals surface area contributed by atoms with Crippen LogP contribution in [-0.2, 0) is 13.0 Å². The number of nitrogens with zero attached hydrogens (tertiary/aromatic N) is 2. The van der Waals surface area contributed by atoms with Gasteiger partial charge in [-0.3, -0.25) is 0 Å². The van der Waals surface area contributed by atoms with E-state index in [1.165, 1.54) is 18.4 Å². The van der Waals surface area contributed by atoms with Crippen molar-refractivity contribution in [2.24, 2.45) is 0 Å². The lowest BCUT2D eigenvalue weighted by Crippen LogP contribution is -2.20. The summed E-state index contributed by atoms with van der Waals surface area (Å²) < 4.78 is 8.09. The van der Waals surface area contributed by atoms with Gasteiger partial charge in [0.05, 0.1) is 11.8 Å². The van der Waals surface area contributed by atoms with Gasteiger partial charge in [0.2, 0.25) is 0 Å². The molecule has 1 aliphatic carbocycles. The highest BCUT2D eigenvalue weighted by molar-refractivity contribution is 5.15. The molecule has 1 N–H and O–H groups in total. The third kappa shape index (κ3) is 4.84. The van der Waals surface area contributed by atoms with Crippen molar-refractivity contribution < 1.29 is 4.74 Å². The number of hydrogen-bond donors (Lipinski definition) is 1. The molecule has 1 aromatic carbocycles. The molecule has 1 saturated carbocycles. The second-order valence-corrected chi connectivity index (χ2v) is 7.06. The van der Waals surface area contributed by atoms with E-state index in [4.69, 9.17) is 9.72 Å². The van der Waals surface area contributed by atoms with Crippen LogP contribution in [0.5, 0.6) is 6.01 Å². The highest BCUT2D eigenvalue weighted by atomic mass is 16.5. The minimum atomic E-state index is 0.139. The average molecular weight is 327 g/mol. The third-order valence-electron chi connectivity index (χ3n) is 4.31. The van der Waals surface area contributed by atoms with Crippen LogP contribution in [0.4, 0.5) is 0 Å². The molecule has 0 bridgehead atoms. The predicted molar refractivity (Wildman–Crippen MR) is 97.3 cm³/mol. The van der Waals surface area contributed by atoms with Crippen molar-refractivity contribution in [1.29, 1.82) is 0 Å². The normalized spacial score (nSPS) is 15.7. The molecule has 0 unspecified atom stereocenters. The number of aryl methyl sites for hydroxylation is 2. The van der Waals surface area contributed by atoms with Gasteiger partial charge in [-0.15, -0.1) is 0 Å². The van der Waals surface area contributed by atoms with Crippen LogP contribution in [0.1, 0.15) is 57.3 Å².